The normalized spacial score (nSPS) is 20.1. The Bertz CT molecular complexity index is 229. The molecule has 16 heavy (non-hydrogen) atoms. The molecule has 1 heterocycles. The van der Waals surface area contributed by atoms with Crippen molar-refractivity contribution in [2.75, 3.05) is 27.2 Å². The quantitative estimate of drug-likeness (QED) is 0.775. The number of hydrogen-bond acceptors (Lipinski definition) is 4. The molecule has 0 radical (unpaired) electrons. The van der Waals surface area contributed by atoms with E-state index in [2.05, 4.69) is 10.2 Å². The zero-order chi connectivity index (χ0) is 12.6. The molecule has 4 heteroatoms. The van der Waals surface area contributed by atoms with Gasteiger partial charge in [0.2, 0.25) is 0 Å². The van der Waals surface area contributed by atoms with E-state index in [1.54, 1.807) is 13.8 Å². The van der Waals surface area contributed by atoms with Crippen molar-refractivity contribution >= 4 is 11.6 Å². The Hall–Kier alpha value is -0.740. The molecule has 0 spiro atoms. The Morgan fingerprint density at radius 1 is 1.38 bits per heavy atom. The van der Waals surface area contributed by atoms with Crippen LogP contribution in [-0.4, -0.2) is 49.7 Å². The summed E-state index contributed by atoms with van der Waals surface area (Å²) in [6, 6.07) is 0.227. The summed E-state index contributed by atoms with van der Waals surface area (Å²) in [5, 5.41) is 2.88. The van der Waals surface area contributed by atoms with Crippen molar-refractivity contribution in [3.8, 4) is 0 Å². The van der Waals surface area contributed by atoms with Gasteiger partial charge in [0.15, 0.2) is 0 Å². The van der Waals surface area contributed by atoms with E-state index in [-0.39, 0.29) is 11.8 Å². The first-order valence-corrected chi connectivity index (χ1v) is 5.83. The third-order valence-corrected chi connectivity index (χ3v) is 2.72. The van der Waals surface area contributed by atoms with Crippen molar-refractivity contribution < 1.29 is 9.59 Å². The predicted molar refractivity (Wildman–Crippen MR) is 65.6 cm³/mol. The van der Waals surface area contributed by atoms with Crippen LogP contribution in [0.5, 0.6) is 0 Å². The van der Waals surface area contributed by atoms with Gasteiger partial charge in [-0.15, -0.1) is 0 Å². The average molecular weight is 228 g/mol. The zero-order valence-corrected chi connectivity index (χ0v) is 10.9. The molecule has 1 unspecified atom stereocenters. The van der Waals surface area contributed by atoms with E-state index in [0.717, 1.165) is 19.5 Å². The summed E-state index contributed by atoms with van der Waals surface area (Å²) >= 11 is 0. The van der Waals surface area contributed by atoms with Crippen molar-refractivity contribution in [3.05, 3.63) is 0 Å². The molecule has 0 aliphatic carbocycles. The lowest BCUT2D eigenvalue weighted by Gasteiger charge is -2.14. The van der Waals surface area contributed by atoms with Crippen LogP contribution in [0.3, 0.4) is 0 Å². The molecule has 1 N–H and O–H groups in total. The van der Waals surface area contributed by atoms with Crippen LogP contribution in [0.4, 0.5) is 0 Å². The van der Waals surface area contributed by atoms with Gasteiger partial charge in [-0.3, -0.25) is 14.5 Å². The van der Waals surface area contributed by atoms with E-state index in [1.165, 1.54) is 6.42 Å². The van der Waals surface area contributed by atoms with Gasteiger partial charge in [-0.1, -0.05) is 0 Å². The molecule has 94 valence electrons. The standard InChI is InChI=1S/C7H13NO.C5H11NO/c1-6(9)7-4-3-5-8(7)2;1-5(7)3-4-6-2/h7H,3-5H2,1-2H3;6H,3-4H2,1-2H3. The maximum atomic E-state index is 10.8. The van der Waals surface area contributed by atoms with Crippen molar-refractivity contribution in [1.82, 2.24) is 10.2 Å². The number of carbonyl (C=O) groups is 2. The van der Waals surface area contributed by atoms with Crippen LogP contribution >= 0.6 is 0 Å². The summed E-state index contributed by atoms with van der Waals surface area (Å²) in [6.45, 7) is 5.16. The number of ketones is 2. The highest BCUT2D eigenvalue weighted by molar-refractivity contribution is 5.81. The van der Waals surface area contributed by atoms with Gasteiger partial charge in [-0.25, -0.2) is 0 Å². The summed E-state index contributed by atoms with van der Waals surface area (Å²) in [4.78, 5) is 23.1. The summed E-state index contributed by atoms with van der Waals surface area (Å²) in [6.07, 6.45) is 2.89. The fourth-order valence-corrected chi connectivity index (χ4v) is 1.72. The fourth-order valence-electron chi connectivity index (χ4n) is 1.72. The highest BCUT2D eigenvalue weighted by Crippen LogP contribution is 2.14. The third-order valence-electron chi connectivity index (χ3n) is 2.72. The molecular weight excluding hydrogens is 204 g/mol. The largest absolute Gasteiger partial charge is 0.319 e. The minimum atomic E-state index is 0.227. The lowest BCUT2D eigenvalue weighted by atomic mass is 10.1. The molecule has 0 amide bonds. The van der Waals surface area contributed by atoms with Crippen LogP contribution < -0.4 is 5.32 Å². The Labute approximate surface area is 98.4 Å². The van der Waals surface area contributed by atoms with Gasteiger partial charge >= 0.3 is 0 Å². The second-order valence-electron chi connectivity index (χ2n) is 4.30. The fraction of sp³-hybridized carbons (Fsp3) is 0.833. The molecule has 0 aromatic rings. The van der Waals surface area contributed by atoms with Gasteiger partial charge in [0.25, 0.3) is 0 Å². The average Bonchev–Trinajstić information content (AvgIpc) is 2.62. The molecule has 1 rings (SSSR count). The van der Waals surface area contributed by atoms with Crippen LogP contribution in [0.2, 0.25) is 0 Å². The second-order valence-corrected chi connectivity index (χ2v) is 4.30. The van der Waals surface area contributed by atoms with E-state index >= 15 is 0 Å². The first-order valence-electron chi connectivity index (χ1n) is 5.83. The SMILES string of the molecule is CC(=O)C1CCCN1C.CNCCC(C)=O. The van der Waals surface area contributed by atoms with Gasteiger partial charge in [0.05, 0.1) is 6.04 Å². The van der Waals surface area contributed by atoms with Gasteiger partial charge in [0, 0.05) is 13.0 Å². The number of likely N-dealkylation sites (N-methyl/N-ethyl adjacent to an activating group) is 1. The van der Waals surface area contributed by atoms with Gasteiger partial charge < -0.3 is 5.32 Å². The highest BCUT2D eigenvalue weighted by Gasteiger charge is 2.23. The summed E-state index contributed by atoms with van der Waals surface area (Å²) in [5.41, 5.74) is 0. The number of nitrogens with zero attached hydrogens (tertiary/aromatic N) is 1. The molecule has 0 aromatic heterocycles. The maximum Gasteiger partial charge on any atom is 0.146 e. The van der Waals surface area contributed by atoms with Crippen LogP contribution in [0, 0.1) is 0 Å². The Balaban J connectivity index is 0.000000293. The van der Waals surface area contributed by atoms with E-state index in [1.807, 2.05) is 14.1 Å². The Morgan fingerprint density at radius 3 is 2.19 bits per heavy atom. The number of hydrogen-bond donors (Lipinski definition) is 1. The van der Waals surface area contributed by atoms with Crippen LogP contribution in [0.15, 0.2) is 0 Å². The van der Waals surface area contributed by atoms with Gasteiger partial charge in [0.1, 0.15) is 11.6 Å². The minimum Gasteiger partial charge on any atom is -0.319 e. The molecule has 1 fully saturated rings. The molecule has 4 nitrogen and oxygen atoms in total. The monoisotopic (exact) mass is 228 g/mol. The summed E-state index contributed by atoms with van der Waals surface area (Å²) in [7, 11) is 3.85. The Morgan fingerprint density at radius 2 is 2.00 bits per heavy atom. The van der Waals surface area contributed by atoms with Crippen molar-refractivity contribution in [3.63, 3.8) is 0 Å². The second kappa shape index (κ2) is 8.42. The number of carbonyl (C=O) groups excluding carboxylic acids is 2. The van der Waals surface area contributed by atoms with E-state index in [9.17, 15) is 9.59 Å². The number of Topliss-reactive ketones (excluding diaryl/α,β-unsaturated/α-hetero) is 2. The molecule has 1 atom stereocenters. The van der Waals surface area contributed by atoms with E-state index < -0.39 is 0 Å². The summed E-state index contributed by atoms with van der Waals surface area (Å²) < 4.78 is 0. The van der Waals surface area contributed by atoms with Gasteiger partial charge in [-0.2, -0.15) is 0 Å². The maximum absolute atomic E-state index is 10.8. The lowest BCUT2D eigenvalue weighted by molar-refractivity contribution is -0.120. The van der Waals surface area contributed by atoms with Crippen molar-refractivity contribution in [2.24, 2.45) is 0 Å². The summed E-state index contributed by atoms with van der Waals surface area (Å²) in [5.74, 6) is 0.560. The zero-order valence-electron chi connectivity index (χ0n) is 10.9. The smallest absolute Gasteiger partial charge is 0.146 e. The predicted octanol–water partition coefficient (Wildman–Crippen LogP) is 0.854. The molecule has 1 aliphatic rings. The van der Waals surface area contributed by atoms with E-state index in [4.69, 9.17) is 0 Å². The van der Waals surface area contributed by atoms with Crippen LogP contribution in [0.25, 0.3) is 0 Å². The van der Waals surface area contributed by atoms with Crippen molar-refractivity contribution in [2.45, 2.75) is 39.2 Å². The minimum absolute atomic E-state index is 0.227. The van der Waals surface area contributed by atoms with Crippen molar-refractivity contribution in [1.29, 1.82) is 0 Å². The number of nitrogens with one attached hydrogen (secondary N) is 1. The lowest BCUT2D eigenvalue weighted by Crippen LogP contribution is -2.30. The Kier molecular flexibility index (Phi) is 8.03. The molecule has 1 aliphatic heterocycles. The first-order chi connectivity index (χ1) is 7.49. The highest BCUT2D eigenvalue weighted by atomic mass is 16.1. The third kappa shape index (κ3) is 6.69. The molecule has 0 bridgehead atoms. The molecular formula is C12H24N2O2. The van der Waals surface area contributed by atoms with E-state index in [0.29, 0.717) is 12.2 Å². The molecule has 0 aromatic carbocycles. The van der Waals surface area contributed by atoms with Crippen LogP contribution in [-0.2, 0) is 9.59 Å². The number of rotatable bonds is 4. The topological polar surface area (TPSA) is 49.4 Å². The first kappa shape index (κ1) is 15.3. The number of likely N-dealkylation sites (tertiary alicyclic amines) is 1. The van der Waals surface area contributed by atoms with Gasteiger partial charge in [-0.05, 0) is 47.3 Å². The van der Waals surface area contributed by atoms with Crippen LogP contribution in [0.1, 0.15) is 33.1 Å². The molecule has 0 saturated carbocycles. The molecule has 1 saturated heterocycles.